The Morgan fingerprint density at radius 2 is 1.42 bits per heavy atom. The molecule has 2 aliphatic heterocycles. The fourth-order valence-corrected chi connectivity index (χ4v) is 2.14. The summed E-state index contributed by atoms with van der Waals surface area (Å²) in [6, 6.07) is 8.31. The molecule has 2 aliphatic rings. The molecule has 2 saturated heterocycles. The number of nitrogens with one attached hydrogen (secondary N) is 1. The molecule has 0 amide bonds. The molecular weight excluding hydrogens is 238 g/mol. The number of ether oxygens (including phenoxy) is 2. The Bertz CT molecular complexity index is 317. The summed E-state index contributed by atoms with van der Waals surface area (Å²) in [4.78, 5) is 0. The van der Waals surface area contributed by atoms with Gasteiger partial charge in [-0.25, -0.2) is 0 Å². The maximum absolute atomic E-state index is 5.35. The number of anilines is 1. The summed E-state index contributed by atoms with van der Waals surface area (Å²) in [6.45, 7) is 7.91. The lowest BCUT2D eigenvalue weighted by molar-refractivity contribution is 0.0732. The lowest BCUT2D eigenvalue weighted by atomic mass is 10.2. The van der Waals surface area contributed by atoms with Crippen LogP contribution in [-0.4, -0.2) is 32.5 Å². The molecule has 0 bridgehead atoms. The molecule has 0 saturated carbocycles. The lowest BCUT2D eigenvalue weighted by Crippen LogP contribution is -2.13. The average molecular weight is 265 g/mol. The highest BCUT2D eigenvalue weighted by Gasteiger charge is 2.33. The van der Waals surface area contributed by atoms with E-state index < -0.39 is 0 Å². The molecule has 0 aliphatic carbocycles. The highest BCUT2D eigenvalue weighted by atomic mass is 16.6. The molecule has 2 atom stereocenters. The van der Waals surface area contributed by atoms with Gasteiger partial charge in [0.05, 0.1) is 12.2 Å². The van der Waals surface area contributed by atoms with Crippen molar-refractivity contribution in [2.45, 2.75) is 45.8 Å². The molecule has 2 unspecified atom stereocenters. The first-order valence-electron chi connectivity index (χ1n) is 7.27. The van der Waals surface area contributed by atoms with Gasteiger partial charge < -0.3 is 14.8 Å². The smallest absolute Gasteiger partial charge is 0.0859 e. The van der Waals surface area contributed by atoms with E-state index >= 15 is 0 Å². The minimum atomic E-state index is 0.454. The molecule has 2 fully saturated rings. The Morgan fingerprint density at radius 3 is 1.84 bits per heavy atom. The van der Waals surface area contributed by atoms with E-state index in [9.17, 15) is 0 Å². The third-order valence-corrected chi connectivity index (χ3v) is 3.22. The van der Waals surface area contributed by atoms with E-state index in [0.29, 0.717) is 12.2 Å². The van der Waals surface area contributed by atoms with Crippen LogP contribution in [0, 0.1) is 6.92 Å². The molecule has 19 heavy (non-hydrogen) atoms. The molecule has 0 aromatic heterocycles. The van der Waals surface area contributed by atoms with Gasteiger partial charge in [0, 0.05) is 25.9 Å². The number of aryl methyl sites for hydroxylation is 1. The standard InChI is InChI=1S/C8H11N.C6H10O2.C2H6/c1-7-3-5-8(9-2)6-4-7;1-3-7-6-2-4-8-5(1)6;1-2/h3-6,9H,1-2H3;5-6H,1-4H2;1-2H3. The zero-order chi connectivity index (χ0) is 14.1. The number of fused-ring (bicyclic) bond motifs is 1. The maximum atomic E-state index is 5.35. The van der Waals surface area contributed by atoms with Gasteiger partial charge in [-0.15, -0.1) is 0 Å². The molecule has 108 valence electrons. The van der Waals surface area contributed by atoms with Crippen LogP contribution in [0.25, 0.3) is 0 Å². The van der Waals surface area contributed by atoms with E-state index in [2.05, 4.69) is 36.5 Å². The van der Waals surface area contributed by atoms with Crippen LogP contribution in [0.2, 0.25) is 0 Å². The van der Waals surface area contributed by atoms with Crippen molar-refractivity contribution in [2.24, 2.45) is 0 Å². The fourth-order valence-electron chi connectivity index (χ4n) is 2.14. The molecule has 1 aromatic rings. The van der Waals surface area contributed by atoms with Gasteiger partial charge in [-0.1, -0.05) is 31.5 Å². The van der Waals surface area contributed by atoms with Gasteiger partial charge in [-0.2, -0.15) is 0 Å². The Balaban J connectivity index is 0.000000169. The van der Waals surface area contributed by atoms with Crippen molar-refractivity contribution in [1.29, 1.82) is 0 Å². The van der Waals surface area contributed by atoms with Gasteiger partial charge in [0.2, 0.25) is 0 Å². The fraction of sp³-hybridized carbons (Fsp3) is 0.625. The van der Waals surface area contributed by atoms with Crippen molar-refractivity contribution >= 4 is 5.69 Å². The van der Waals surface area contributed by atoms with Crippen LogP contribution in [0.4, 0.5) is 5.69 Å². The van der Waals surface area contributed by atoms with Crippen molar-refractivity contribution < 1.29 is 9.47 Å². The van der Waals surface area contributed by atoms with Crippen LogP contribution in [-0.2, 0) is 9.47 Å². The Kier molecular flexibility index (Phi) is 7.53. The molecular formula is C16H27NO2. The normalized spacial score (nSPS) is 23.6. The van der Waals surface area contributed by atoms with Gasteiger partial charge >= 0.3 is 0 Å². The summed E-state index contributed by atoms with van der Waals surface area (Å²) in [5, 5.41) is 3.05. The highest BCUT2D eigenvalue weighted by Crippen LogP contribution is 2.25. The largest absolute Gasteiger partial charge is 0.388 e. The number of benzene rings is 1. The van der Waals surface area contributed by atoms with E-state index in [1.165, 1.54) is 11.3 Å². The van der Waals surface area contributed by atoms with Crippen LogP contribution >= 0.6 is 0 Å². The second-order valence-corrected chi connectivity index (χ2v) is 4.51. The monoisotopic (exact) mass is 265 g/mol. The van der Waals surface area contributed by atoms with Crippen LogP contribution in [0.5, 0.6) is 0 Å². The summed E-state index contributed by atoms with van der Waals surface area (Å²) in [6.07, 6.45) is 3.14. The molecule has 3 rings (SSSR count). The molecule has 3 nitrogen and oxygen atoms in total. The maximum Gasteiger partial charge on any atom is 0.0859 e. The molecule has 1 aromatic carbocycles. The van der Waals surface area contributed by atoms with E-state index in [-0.39, 0.29) is 0 Å². The quantitative estimate of drug-likeness (QED) is 0.841. The number of rotatable bonds is 1. The first-order valence-corrected chi connectivity index (χ1v) is 7.27. The van der Waals surface area contributed by atoms with Crippen LogP contribution in [0.15, 0.2) is 24.3 Å². The van der Waals surface area contributed by atoms with Gasteiger partial charge in [0.25, 0.3) is 0 Å². The summed E-state index contributed by atoms with van der Waals surface area (Å²) in [5.74, 6) is 0. The van der Waals surface area contributed by atoms with Gasteiger partial charge in [0.15, 0.2) is 0 Å². The van der Waals surface area contributed by atoms with Gasteiger partial charge in [0.1, 0.15) is 0 Å². The molecule has 3 heteroatoms. The second kappa shape index (κ2) is 8.94. The minimum Gasteiger partial charge on any atom is -0.388 e. The topological polar surface area (TPSA) is 30.5 Å². The van der Waals surface area contributed by atoms with Gasteiger partial charge in [-0.05, 0) is 31.9 Å². The van der Waals surface area contributed by atoms with E-state index in [1.54, 1.807) is 0 Å². The summed E-state index contributed by atoms with van der Waals surface area (Å²) in [5.41, 5.74) is 2.47. The van der Waals surface area contributed by atoms with Crippen molar-refractivity contribution in [1.82, 2.24) is 0 Å². The zero-order valence-electron chi connectivity index (χ0n) is 12.6. The Hall–Kier alpha value is -1.06. The molecule has 0 radical (unpaired) electrons. The first kappa shape index (κ1) is 16.0. The molecule has 0 spiro atoms. The summed E-state index contributed by atoms with van der Waals surface area (Å²) < 4.78 is 10.7. The zero-order valence-corrected chi connectivity index (χ0v) is 12.6. The lowest BCUT2D eigenvalue weighted by Gasteiger charge is -2.03. The third-order valence-electron chi connectivity index (χ3n) is 3.22. The van der Waals surface area contributed by atoms with Crippen molar-refractivity contribution in [3.05, 3.63) is 29.8 Å². The van der Waals surface area contributed by atoms with E-state index in [1.807, 2.05) is 20.9 Å². The van der Waals surface area contributed by atoms with E-state index in [0.717, 1.165) is 26.1 Å². The van der Waals surface area contributed by atoms with Crippen molar-refractivity contribution in [3.8, 4) is 0 Å². The van der Waals surface area contributed by atoms with E-state index in [4.69, 9.17) is 9.47 Å². The van der Waals surface area contributed by atoms with Crippen LogP contribution in [0.3, 0.4) is 0 Å². The van der Waals surface area contributed by atoms with Crippen LogP contribution in [0.1, 0.15) is 32.3 Å². The average Bonchev–Trinajstić information content (AvgIpc) is 3.06. The van der Waals surface area contributed by atoms with Crippen molar-refractivity contribution in [3.63, 3.8) is 0 Å². The predicted octanol–water partition coefficient (Wildman–Crippen LogP) is 3.63. The number of hydrogen-bond donors (Lipinski definition) is 1. The SMILES string of the molecule is C1CC2OCCC2O1.CC.CNc1ccc(C)cc1. The molecule has 1 N–H and O–H groups in total. The Labute approximate surface area is 117 Å². The number of hydrogen-bond acceptors (Lipinski definition) is 3. The summed E-state index contributed by atoms with van der Waals surface area (Å²) >= 11 is 0. The second-order valence-electron chi connectivity index (χ2n) is 4.51. The first-order chi connectivity index (χ1) is 9.29. The third kappa shape index (κ3) is 5.21. The van der Waals surface area contributed by atoms with Gasteiger partial charge in [-0.3, -0.25) is 0 Å². The van der Waals surface area contributed by atoms with Crippen LogP contribution < -0.4 is 5.32 Å². The minimum absolute atomic E-state index is 0.454. The predicted molar refractivity (Wildman–Crippen MR) is 80.8 cm³/mol. The Morgan fingerprint density at radius 1 is 0.947 bits per heavy atom. The molecule has 2 heterocycles. The highest BCUT2D eigenvalue weighted by molar-refractivity contribution is 5.43. The summed E-state index contributed by atoms with van der Waals surface area (Å²) in [7, 11) is 1.92. The van der Waals surface area contributed by atoms with Crippen molar-refractivity contribution in [2.75, 3.05) is 25.6 Å².